The molecule has 0 radical (unpaired) electrons. The van der Waals surface area contributed by atoms with Gasteiger partial charge in [-0.3, -0.25) is 0 Å². The van der Waals surface area contributed by atoms with Crippen LogP contribution in [0.25, 0.3) is 0 Å². The highest BCUT2D eigenvalue weighted by Crippen LogP contribution is 2.29. The number of aromatic nitrogens is 2. The molecule has 0 atom stereocenters. The van der Waals surface area contributed by atoms with Gasteiger partial charge in [0.15, 0.2) is 11.4 Å². The maximum absolute atomic E-state index is 11.9. The fourth-order valence-electron chi connectivity index (χ4n) is 0.672. The van der Waals surface area contributed by atoms with Crippen molar-refractivity contribution in [1.29, 1.82) is 0 Å². The largest absolute Gasteiger partial charge is 0.477 e. The lowest BCUT2D eigenvalue weighted by molar-refractivity contribution is -0.141. The second-order valence-corrected chi connectivity index (χ2v) is 1.93. The molecule has 4 nitrogen and oxygen atoms in total. The molecule has 2 N–H and O–H groups in total. The number of carbonyl (C=O) groups is 1. The molecule has 0 saturated heterocycles. The SMILES string of the molecule is O=C(O)c1[nH]cnc1C(F)(F)F. The van der Waals surface area contributed by atoms with E-state index in [1.54, 1.807) is 0 Å². The second-order valence-electron chi connectivity index (χ2n) is 1.93. The molecule has 0 aliphatic heterocycles. The van der Waals surface area contributed by atoms with Gasteiger partial charge in [-0.2, -0.15) is 13.2 Å². The molecule has 0 spiro atoms. The first-order valence-corrected chi connectivity index (χ1v) is 2.77. The average molecular weight is 180 g/mol. The van der Waals surface area contributed by atoms with Gasteiger partial charge in [-0.05, 0) is 0 Å². The van der Waals surface area contributed by atoms with E-state index in [0.717, 1.165) is 0 Å². The molecule has 1 heterocycles. The molecular weight excluding hydrogens is 177 g/mol. The molecule has 0 aliphatic rings. The summed E-state index contributed by atoms with van der Waals surface area (Å²) in [6.07, 6.45) is -4.04. The number of rotatable bonds is 1. The van der Waals surface area contributed by atoms with E-state index >= 15 is 0 Å². The van der Waals surface area contributed by atoms with Crippen molar-refractivity contribution in [1.82, 2.24) is 9.97 Å². The minimum atomic E-state index is -4.73. The highest BCUT2D eigenvalue weighted by atomic mass is 19.4. The first kappa shape index (κ1) is 8.57. The number of hydrogen-bond donors (Lipinski definition) is 2. The highest BCUT2D eigenvalue weighted by Gasteiger charge is 2.38. The number of hydrogen-bond acceptors (Lipinski definition) is 2. The van der Waals surface area contributed by atoms with Gasteiger partial charge < -0.3 is 10.1 Å². The Morgan fingerprint density at radius 3 is 2.50 bits per heavy atom. The summed E-state index contributed by atoms with van der Waals surface area (Å²) in [7, 11) is 0. The van der Waals surface area contributed by atoms with E-state index in [-0.39, 0.29) is 0 Å². The predicted molar refractivity (Wildman–Crippen MR) is 30.5 cm³/mol. The van der Waals surface area contributed by atoms with E-state index < -0.39 is 23.5 Å². The van der Waals surface area contributed by atoms with Crippen molar-refractivity contribution >= 4 is 5.97 Å². The van der Waals surface area contributed by atoms with Crippen molar-refractivity contribution < 1.29 is 23.1 Å². The minimum absolute atomic E-state index is 0.687. The number of nitrogens with zero attached hydrogens (tertiary/aromatic N) is 1. The van der Waals surface area contributed by atoms with E-state index in [9.17, 15) is 18.0 Å². The van der Waals surface area contributed by atoms with Crippen LogP contribution in [0.3, 0.4) is 0 Å². The Balaban J connectivity index is 3.17. The molecule has 1 aromatic rings. The van der Waals surface area contributed by atoms with Gasteiger partial charge in [0.25, 0.3) is 0 Å². The van der Waals surface area contributed by atoms with Crippen LogP contribution in [-0.4, -0.2) is 21.0 Å². The molecule has 1 rings (SSSR count). The van der Waals surface area contributed by atoms with Crippen molar-refractivity contribution in [2.24, 2.45) is 0 Å². The Bertz CT molecular complexity index is 304. The van der Waals surface area contributed by atoms with Gasteiger partial charge in [0.2, 0.25) is 0 Å². The van der Waals surface area contributed by atoms with Crippen LogP contribution in [0.15, 0.2) is 6.33 Å². The predicted octanol–water partition coefficient (Wildman–Crippen LogP) is 1.13. The van der Waals surface area contributed by atoms with Crippen LogP contribution < -0.4 is 0 Å². The van der Waals surface area contributed by atoms with Gasteiger partial charge in [-0.25, -0.2) is 9.78 Å². The molecule has 66 valence electrons. The van der Waals surface area contributed by atoms with E-state index in [4.69, 9.17) is 5.11 Å². The summed E-state index contributed by atoms with van der Waals surface area (Å²) in [6.45, 7) is 0. The number of imidazole rings is 1. The number of aromatic carboxylic acids is 1. The Hall–Kier alpha value is -1.53. The van der Waals surface area contributed by atoms with E-state index in [1.165, 1.54) is 0 Å². The fourth-order valence-corrected chi connectivity index (χ4v) is 0.672. The lowest BCUT2D eigenvalue weighted by Gasteiger charge is -2.02. The standard InChI is InChI=1S/C5H3F3N2O2/c6-5(7,8)3-2(4(11)12)9-1-10-3/h1H,(H,9,10)(H,11,12). The zero-order valence-corrected chi connectivity index (χ0v) is 5.51. The summed E-state index contributed by atoms with van der Waals surface area (Å²) in [5.74, 6) is -1.68. The number of aromatic amines is 1. The lowest BCUT2D eigenvalue weighted by Crippen LogP contribution is -2.12. The molecular formula is C5H3F3N2O2. The van der Waals surface area contributed by atoms with Gasteiger partial charge in [-0.1, -0.05) is 0 Å². The first-order chi connectivity index (χ1) is 5.43. The van der Waals surface area contributed by atoms with E-state index in [1.807, 2.05) is 4.98 Å². The summed E-state index contributed by atoms with van der Waals surface area (Å²) in [5, 5.41) is 8.25. The monoisotopic (exact) mass is 180 g/mol. The third kappa shape index (κ3) is 1.39. The topological polar surface area (TPSA) is 66.0 Å². The van der Waals surface area contributed by atoms with Crippen LogP contribution in [0, 0.1) is 0 Å². The Morgan fingerprint density at radius 2 is 2.17 bits per heavy atom. The number of nitrogens with one attached hydrogen (secondary N) is 1. The number of H-pyrrole nitrogens is 1. The lowest BCUT2D eigenvalue weighted by atomic mass is 10.3. The van der Waals surface area contributed by atoms with Gasteiger partial charge in [0.1, 0.15) is 0 Å². The van der Waals surface area contributed by atoms with Gasteiger partial charge in [-0.15, -0.1) is 0 Å². The number of alkyl halides is 3. The van der Waals surface area contributed by atoms with Gasteiger partial charge in [0, 0.05) is 0 Å². The number of carboxylic acids is 1. The van der Waals surface area contributed by atoms with E-state index in [0.29, 0.717) is 6.33 Å². The zero-order chi connectivity index (χ0) is 9.35. The van der Waals surface area contributed by atoms with Crippen molar-refractivity contribution in [3.8, 4) is 0 Å². The van der Waals surface area contributed by atoms with Crippen molar-refractivity contribution in [2.45, 2.75) is 6.18 Å². The molecule has 0 amide bonds. The molecule has 12 heavy (non-hydrogen) atoms. The summed E-state index contributed by atoms with van der Waals surface area (Å²) in [4.78, 5) is 14.9. The van der Waals surface area contributed by atoms with Crippen LogP contribution in [0.2, 0.25) is 0 Å². The maximum atomic E-state index is 11.9. The van der Waals surface area contributed by atoms with E-state index in [2.05, 4.69) is 4.98 Å². The second kappa shape index (κ2) is 2.50. The third-order valence-electron chi connectivity index (χ3n) is 1.12. The summed E-state index contributed by atoms with van der Waals surface area (Å²) < 4.78 is 35.7. The van der Waals surface area contributed by atoms with Gasteiger partial charge in [0.05, 0.1) is 6.33 Å². The molecule has 0 aliphatic carbocycles. The normalized spacial score (nSPS) is 11.6. The Kier molecular flexibility index (Phi) is 1.79. The Morgan fingerprint density at radius 1 is 1.58 bits per heavy atom. The molecule has 1 aromatic heterocycles. The molecule has 0 fully saturated rings. The molecule has 0 bridgehead atoms. The van der Waals surface area contributed by atoms with Crippen LogP contribution in [0.4, 0.5) is 13.2 Å². The first-order valence-electron chi connectivity index (χ1n) is 2.77. The smallest absolute Gasteiger partial charge is 0.435 e. The van der Waals surface area contributed by atoms with Crippen molar-refractivity contribution in [3.63, 3.8) is 0 Å². The van der Waals surface area contributed by atoms with Crippen LogP contribution in [0.1, 0.15) is 16.2 Å². The van der Waals surface area contributed by atoms with Crippen LogP contribution in [0.5, 0.6) is 0 Å². The highest BCUT2D eigenvalue weighted by molar-refractivity contribution is 5.86. The van der Waals surface area contributed by atoms with Gasteiger partial charge >= 0.3 is 12.1 Å². The van der Waals surface area contributed by atoms with Crippen molar-refractivity contribution in [3.05, 3.63) is 17.7 Å². The summed E-state index contributed by atoms with van der Waals surface area (Å²) in [6, 6.07) is 0. The number of carboxylic acid groups (broad SMARTS) is 1. The maximum Gasteiger partial charge on any atom is 0.435 e. The van der Waals surface area contributed by atoms with Crippen LogP contribution in [-0.2, 0) is 6.18 Å². The summed E-state index contributed by atoms with van der Waals surface area (Å²) >= 11 is 0. The molecule has 0 unspecified atom stereocenters. The zero-order valence-electron chi connectivity index (χ0n) is 5.51. The fraction of sp³-hybridized carbons (Fsp3) is 0.200. The molecule has 7 heteroatoms. The number of halogens is 3. The quantitative estimate of drug-likeness (QED) is 0.680. The average Bonchev–Trinajstić information content (AvgIpc) is 2.30. The Labute approximate surface area is 64.0 Å². The third-order valence-corrected chi connectivity index (χ3v) is 1.12. The summed E-state index contributed by atoms with van der Waals surface area (Å²) in [5.41, 5.74) is -2.35. The van der Waals surface area contributed by atoms with Crippen LogP contribution >= 0.6 is 0 Å². The minimum Gasteiger partial charge on any atom is -0.477 e. The molecule has 0 saturated carbocycles. The van der Waals surface area contributed by atoms with Crippen molar-refractivity contribution in [2.75, 3.05) is 0 Å². The molecule has 0 aromatic carbocycles.